The van der Waals surface area contributed by atoms with Crippen LogP contribution in [0.5, 0.6) is 0 Å². The summed E-state index contributed by atoms with van der Waals surface area (Å²) in [5.41, 5.74) is 1.13. The minimum atomic E-state index is -0.704. The van der Waals surface area contributed by atoms with Crippen molar-refractivity contribution in [1.82, 2.24) is 9.78 Å². The molecule has 0 bridgehead atoms. The highest BCUT2D eigenvalue weighted by atomic mass is 35.5. The van der Waals surface area contributed by atoms with Gasteiger partial charge in [0.2, 0.25) is 5.91 Å². The van der Waals surface area contributed by atoms with E-state index >= 15 is 0 Å². The van der Waals surface area contributed by atoms with Gasteiger partial charge in [0.25, 0.3) is 5.56 Å². The maximum Gasteiger partial charge on any atom is 0.276 e. The van der Waals surface area contributed by atoms with Crippen molar-refractivity contribution in [3.8, 4) is 0 Å². The zero-order valence-electron chi connectivity index (χ0n) is 15.4. The molecule has 2 heterocycles. The first kappa shape index (κ1) is 18.7. The van der Waals surface area contributed by atoms with Crippen LogP contribution in [-0.2, 0) is 4.79 Å². The van der Waals surface area contributed by atoms with E-state index < -0.39 is 6.04 Å². The Hall–Kier alpha value is -2.70. The summed E-state index contributed by atoms with van der Waals surface area (Å²) in [4.78, 5) is 26.2. The number of hydrogen-bond acceptors (Lipinski definition) is 4. The highest BCUT2D eigenvalue weighted by Crippen LogP contribution is 2.33. The van der Waals surface area contributed by atoms with Crippen molar-refractivity contribution in [2.75, 3.05) is 5.32 Å². The van der Waals surface area contributed by atoms with E-state index in [9.17, 15) is 9.59 Å². The second kappa shape index (κ2) is 7.37. The number of nitrogens with one attached hydrogen (secondary N) is 1. The number of anilines is 1. The molecule has 1 atom stereocenters. The first-order valence-corrected chi connectivity index (χ1v) is 10.2. The van der Waals surface area contributed by atoms with Crippen molar-refractivity contribution in [3.05, 3.63) is 69.6 Å². The third-order valence-electron chi connectivity index (χ3n) is 4.70. The van der Waals surface area contributed by atoms with Gasteiger partial charge in [-0.15, -0.1) is 11.3 Å². The van der Waals surface area contributed by atoms with Crippen molar-refractivity contribution in [2.24, 2.45) is 0 Å². The Morgan fingerprint density at radius 3 is 2.64 bits per heavy atom. The topological polar surface area (TPSA) is 64.0 Å². The van der Waals surface area contributed by atoms with E-state index in [4.69, 9.17) is 11.6 Å². The monoisotopic (exact) mass is 411 g/mol. The number of aryl methyl sites for hydroxylation is 1. The van der Waals surface area contributed by atoms with Crippen molar-refractivity contribution >= 4 is 54.7 Å². The molecule has 5 nitrogen and oxygen atoms in total. The number of fused-ring (bicyclic) bond motifs is 3. The number of hydrogen-bond donors (Lipinski definition) is 1. The van der Waals surface area contributed by atoms with E-state index in [-0.39, 0.29) is 11.5 Å². The van der Waals surface area contributed by atoms with Gasteiger partial charge in [0, 0.05) is 20.8 Å². The zero-order valence-corrected chi connectivity index (χ0v) is 17.0. The van der Waals surface area contributed by atoms with Crippen LogP contribution in [0.25, 0.3) is 20.2 Å². The average molecular weight is 412 g/mol. The van der Waals surface area contributed by atoms with Gasteiger partial charge in [-0.05, 0) is 43.7 Å². The van der Waals surface area contributed by atoms with Gasteiger partial charge in [-0.2, -0.15) is 5.10 Å². The fourth-order valence-electron chi connectivity index (χ4n) is 3.32. The minimum Gasteiger partial charge on any atom is -0.324 e. The van der Waals surface area contributed by atoms with Crippen LogP contribution in [0.3, 0.4) is 0 Å². The number of nitrogens with zero attached hydrogens (tertiary/aromatic N) is 2. The van der Waals surface area contributed by atoms with Crippen LogP contribution in [0.1, 0.15) is 25.1 Å². The molecule has 0 fully saturated rings. The average Bonchev–Trinajstić information content (AvgIpc) is 3.08. The van der Waals surface area contributed by atoms with Gasteiger partial charge in [-0.1, -0.05) is 36.7 Å². The van der Waals surface area contributed by atoms with Gasteiger partial charge < -0.3 is 5.32 Å². The Bertz CT molecular complexity index is 1240. The van der Waals surface area contributed by atoms with Crippen LogP contribution in [0.2, 0.25) is 5.02 Å². The molecule has 0 spiro atoms. The molecule has 7 heteroatoms. The molecule has 0 aliphatic heterocycles. The molecule has 0 aliphatic rings. The van der Waals surface area contributed by atoms with E-state index in [1.54, 1.807) is 35.6 Å². The van der Waals surface area contributed by atoms with Gasteiger partial charge in [-0.3, -0.25) is 9.59 Å². The third-order valence-corrected chi connectivity index (χ3v) is 6.23. The number of amides is 1. The number of halogens is 1. The first-order chi connectivity index (χ1) is 13.5. The van der Waals surface area contributed by atoms with Crippen molar-refractivity contribution in [2.45, 2.75) is 26.3 Å². The summed E-state index contributed by atoms with van der Waals surface area (Å²) in [6.07, 6.45) is 0.444. The van der Waals surface area contributed by atoms with Gasteiger partial charge in [0.05, 0.1) is 15.8 Å². The molecule has 142 valence electrons. The van der Waals surface area contributed by atoms with Crippen LogP contribution in [0, 0.1) is 6.92 Å². The summed E-state index contributed by atoms with van der Waals surface area (Å²) in [5.74, 6) is -0.280. The number of aromatic nitrogens is 2. The number of benzene rings is 2. The zero-order chi connectivity index (χ0) is 19.8. The number of thiophene rings is 1. The van der Waals surface area contributed by atoms with E-state index in [1.807, 2.05) is 38.1 Å². The molecule has 2 aromatic carbocycles. The summed E-state index contributed by atoms with van der Waals surface area (Å²) in [7, 11) is 0. The summed E-state index contributed by atoms with van der Waals surface area (Å²) >= 11 is 7.45. The SMILES string of the molecule is CCC(C(=O)Nc1ccc(Cl)cc1)n1nc(C)c2sc3ccccc3c2c1=O. The normalized spacial score (nSPS) is 12.4. The molecule has 1 unspecified atom stereocenters. The maximum absolute atomic E-state index is 13.3. The minimum absolute atomic E-state index is 0.240. The molecule has 0 saturated heterocycles. The lowest BCUT2D eigenvalue weighted by molar-refractivity contribution is -0.119. The second-order valence-electron chi connectivity index (χ2n) is 6.56. The predicted octanol–water partition coefficient (Wildman–Crippen LogP) is 5.16. The summed E-state index contributed by atoms with van der Waals surface area (Å²) in [5, 5.41) is 9.45. The number of carbonyl (C=O) groups is 1. The van der Waals surface area contributed by atoms with Gasteiger partial charge >= 0.3 is 0 Å². The standard InChI is InChI=1S/C21H18ClN3O2S/c1-3-16(20(26)23-14-10-8-13(22)9-11-14)25-21(27)18-15-6-4-5-7-17(15)28-19(18)12(2)24-25/h4-11,16H,3H2,1-2H3,(H,23,26). The largest absolute Gasteiger partial charge is 0.324 e. The lowest BCUT2D eigenvalue weighted by Gasteiger charge is -2.17. The van der Waals surface area contributed by atoms with E-state index in [1.165, 1.54) is 4.68 Å². The third kappa shape index (κ3) is 3.19. The van der Waals surface area contributed by atoms with Crippen LogP contribution in [0.15, 0.2) is 53.3 Å². The molecule has 2 aromatic heterocycles. The van der Waals surface area contributed by atoms with Gasteiger partial charge in [0.15, 0.2) is 0 Å². The fraction of sp³-hybridized carbons (Fsp3) is 0.190. The molecule has 4 aromatic rings. The molecular formula is C21H18ClN3O2S. The lowest BCUT2D eigenvalue weighted by atomic mass is 10.1. The summed E-state index contributed by atoms with van der Waals surface area (Å²) < 4.78 is 3.23. The Kier molecular flexibility index (Phi) is 4.91. The van der Waals surface area contributed by atoms with Crippen LogP contribution < -0.4 is 10.9 Å². The molecule has 0 radical (unpaired) electrons. The second-order valence-corrected chi connectivity index (χ2v) is 8.05. The molecule has 1 amide bonds. The van der Waals surface area contributed by atoms with Gasteiger partial charge in [0.1, 0.15) is 6.04 Å². The van der Waals surface area contributed by atoms with Gasteiger partial charge in [-0.25, -0.2) is 4.68 Å². The highest BCUT2D eigenvalue weighted by molar-refractivity contribution is 7.26. The van der Waals surface area contributed by atoms with Crippen molar-refractivity contribution in [3.63, 3.8) is 0 Å². The van der Waals surface area contributed by atoms with Crippen LogP contribution >= 0.6 is 22.9 Å². The smallest absolute Gasteiger partial charge is 0.276 e. The first-order valence-electron chi connectivity index (χ1n) is 8.96. The summed E-state index contributed by atoms with van der Waals surface area (Å²) in [6.45, 7) is 3.74. The molecule has 28 heavy (non-hydrogen) atoms. The quantitative estimate of drug-likeness (QED) is 0.504. The van der Waals surface area contributed by atoms with E-state index in [0.717, 1.165) is 20.5 Å². The molecule has 1 N–H and O–H groups in total. The Morgan fingerprint density at radius 1 is 1.21 bits per heavy atom. The number of rotatable bonds is 4. The van der Waals surface area contributed by atoms with Crippen LogP contribution in [0.4, 0.5) is 5.69 Å². The molecule has 0 aliphatic carbocycles. The number of carbonyl (C=O) groups excluding carboxylic acids is 1. The lowest BCUT2D eigenvalue weighted by Crippen LogP contribution is -2.35. The molecular weight excluding hydrogens is 394 g/mol. The van der Waals surface area contributed by atoms with Crippen molar-refractivity contribution in [1.29, 1.82) is 0 Å². The fourth-order valence-corrected chi connectivity index (χ4v) is 4.58. The predicted molar refractivity (Wildman–Crippen MR) is 116 cm³/mol. The molecule has 0 saturated carbocycles. The maximum atomic E-state index is 13.3. The van der Waals surface area contributed by atoms with Crippen LogP contribution in [-0.4, -0.2) is 15.7 Å². The molecule has 4 rings (SSSR count). The Balaban J connectivity index is 1.80. The Morgan fingerprint density at radius 2 is 1.93 bits per heavy atom. The van der Waals surface area contributed by atoms with E-state index in [2.05, 4.69) is 10.4 Å². The van der Waals surface area contributed by atoms with E-state index in [0.29, 0.717) is 22.5 Å². The Labute approximate surface area is 170 Å². The highest BCUT2D eigenvalue weighted by Gasteiger charge is 2.24. The van der Waals surface area contributed by atoms with Crippen molar-refractivity contribution < 1.29 is 4.79 Å². The summed E-state index contributed by atoms with van der Waals surface area (Å²) in [6, 6.07) is 14.0.